The summed E-state index contributed by atoms with van der Waals surface area (Å²) in [7, 11) is 1.62. The molecule has 5 nitrogen and oxygen atoms in total. The fourth-order valence-corrected chi connectivity index (χ4v) is 4.51. The maximum Gasteiger partial charge on any atom is 0.137 e. The highest BCUT2D eigenvalue weighted by Crippen LogP contribution is 2.53. The van der Waals surface area contributed by atoms with Crippen molar-refractivity contribution in [2.45, 2.75) is 31.4 Å². The summed E-state index contributed by atoms with van der Waals surface area (Å²) in [5.41, 5.74) is -0.654. The van der Waals surface area contributed by atoms with Crippen LogP contribution < -0.4 is 0 Å². The van der Waals surface area contributed by atoms with Gasteiger partial charge in [-0.3, -0.25) is 4.68 Å². The second-order valence-electron chi connectivity index (χ2n) is 6.93. The first kappa shape index (κ1) is 18.3. The van der Waals surface area contributed by atoms with Crippen molar-refractivity contribution in [3.63, 3.8) is 0 Å². The van der Waals surface area contributed by atoms with Crippen LogP contribution in [-0.2, 0) is 17.7 Å². The maximum atomic E-state index is 13.2. The molecule has 1 aliphatic carbocycles. The van der Waals surface area contributed by atoms with E-state index in [0.29, 0.717) is 25.5 Å². The van der Waals surface area contributed by atoms with E-state index in [2.05, 4.69) is 10.1 Å². The number of halogens is 2. The van der Waals surface area contributed by atoms with Crippen LogP contribution in [0.15, 0.2) is 36.9 Å². The van der Waals surface area contributed by atoms with Crippen molar-refractivity contribution in [3.8, 4) is 0 Å². The Labute approximate surface area is 151 Å². The Morgan fingerprint density at radius 2 is 2.16 bits per heavy atom. The van der Waals surface area contributed by atoms with Crippen LogP contribution >= 0.6 is 11.6 Å². The zero-order chi connectivity index (χ0) is 17.9. The first-order chi connectivity index (χ1) is 12.0. The van der Waals surface area contributed by atoms with Crippen molar-refractivity contribution >= 4 is 11.6 Å². The van der Waals surface area contributed by atoms with Crippen LogP contribution in [0.3, 0.4) is 0 Å². The largest absolute Gasteiger partial charge is 0.387 e. The molecule has 3 unspecified atom stereocenters. The molecule has 0 amide bonds. The van der Waals surface area contributed by atoms with Crippen molar-refractivity contribution in [1.82, 2.24) is 14.8 Å². The van der Waals surface area contributed by atoms with Crippen LogP contribution in [0, 0.1) is 17.2 Å². The third kappa shape index (κ3) is 3.43. The number of ether oxygens (including phenoxy) is 1. The highest BCUT2D eigenvalue weighted by atomic mass is 35.5. The van der Waals surface area contributed by atoms with Crippen molar-refractivity contribution in [3.05, 3.63) is 48.3 Å². The Balaban J connectivity index is 1.91. The number of aliphatic hydroxyl groups is 1. The molecule has 3 rings (SSSR count). The third-order valence-corrected chi connectivity index (χ3v) is 6.02. The zero-order valence-electron chi connectivity index (χ0n) is 14.2. The standard InChI is InChI=1S/C18H23ClFN3O2/c1-25-11-17(9-19)7-6-15(8-14-2-4-16(20)5-3-14)18(17,24)10-23-13-21-12-22-23/h2-5,12-13,15,24H,6-11H2,1H3. The van der Waals surface area contributed by atoms with E-state index in [0.717, 1.165) is 18.4 Å². The molecular formula is C18H23ClFN3O2. The summed E-state index contributed by atoms with van der Waals surface area (Å²) < 4.78 is 20.2. The molecule has 1 fully saturated rings. The molecule has 1 aromatic carbocycles. The van der Waals surface area contributed by atoms with E-state index in [4.69, 9.17) is 16.3 Å². The minimum Gasteiger partial charge on any atom is -0.387 e. The van der Waals surface area contributed by atoms with Crippen LogP contribution in [-0.4, -0.2) is 45.1 Å². The van der Waals surface area contributed by atoms with Crippen LogP contribution in [0.1, 0.15) is 18.4 Å². The van der Waals surface area contributed by atoms with Crippen LogP contribution in [0.2, 0.25) is 0 Å². The Bertz CT molecular complexity index is 682. The predicted octanol–water partition coefficient (Wildman–Crippen LogP) is 2.67. The third-order valence-electron chi connectivity index (χ3n) is 5.51. The maximum absolute atomic E-state index is 13.2. The first-order valence-corrected chi connectivity index (χ1v) is 8.90. The minimum atomic E-state index is -1.09. The van der Waals surface area contributed by atoms with E-state index in [1.165, 1.54) is 18.5 Å². The monoisotopic (exact) mass is 367 g/mol. The van der Waals surface area contributed by atoms with Gasteiger partial charge in [-0.15, -0.1) is 11.6 Å². The van der Waals surface area contributed by atoms with Gasteiger partial charge in [-0.05, 0) is 42.9 Å². The van der Waals surface area contributed by atoms with Gasteiger partial charge in [0, 0.05) is 18.4 Å². The molecular weight excluding hydrogens is 345 g/mol. The fraction of sp³-hybridized carbons (Fsp3) is 0.556. The van der Waals surface area contributed by atoms with E-state index in [1.807, 2.05) is 0 Å². The van der Waals surface area contributed by atoms with Crippen molar-refractivity contribution in [2.24, 2.45) is 11.3 Å². The second kappa shape index (κ2) is 7.40. The van der Waals surface area contributed by atoms with Gasteiger partial charge in [-0.1, -0.05) is 12.1 Å². The Kier molecular flexibility index (Phi) is 5.41. The molecule has 1 N–H and O–H groups in total. The van der Waals surface area contributed by atoms with Gasteiger partial charge in [0.1, 0.15) is 18.5 Å². The SMILES string of the molecule is COCC1(CCl)CCC(Cc2ccc(F)cc2)C1(O)Cn1cncn1. The lowest BCUT2D eigenvalue weighted by atomic mass is 9.71. The Morgan fingerprint density at radius 3 is 2.76 bits per heavy atom. The van der Waals surface area contributed by atoms with E-state index in [-0.39, 0.29) is 11.7 Å². The molecule has 0 radical (unpaired) electrons. The number of alkyl halides is 1. The van der Waals surface area contributed by atoms with Gasteiger partial charge in [0.25, 0.3) is 0 Å². The molecule has 0 saturated heterocycles. The summed E-state index contributed by atoms with van der Waals surface area (Å²) in [4.78, 5) is 3.97. The normalized spacial score (nSPS) is 29.2. The lowest BCUT2D eigenvalue weighted by Gasteiger charge is -2.43. The smallest absolute Gasteiger partial charge is 0.137 e. The summed E-state index contributed by atoms with van der Waals surface area (Å²) in [6, 6.07) is 6.43. The average molecular weight is 368 g/mol. The van der Waals surface area contributed by atoms with Gasteiger partial charge < -0.3 is 9.84 Å². The molecule has 0 aliphatic heterocycles. The van der Waals surface area contributed by atoms with E-state index in [1.54, 1.807) is 30.3 Å². The molecule has 1 aliphatic rings. The summed E-state index contributed by atoms with van der Waals surface area (Å²) in [6.45, 7) is 0.677. The predicted molar refractivity (Wildman–Crippen MR) is 92.8 cm³/mol. The Morgan fingerprint density at radius 1 is 1.40 bits per heavy atom. The highest BCUT2D eigenvalue weighted by Gasteiger charge is 2.59. The zero-order valence-corrected chi connectivity index (χ0v) is 15.0. The van der Waals surface area contributed by atoms with Crippen molar-refractivity contribution < 1.29 is 14.2 Å². The molecule has 0 bridgehead atoms. The van der Waals surface area contributed by atoms with Gasteiger partial charge in [-0.25, -0.2) is 9.37 Å². The molecule has 1 saturated carbocycles. The summed E-state index contributed by atoms with van der Waals surface area (Å²) in [5.74, 6) is 0.00461. The lowest BCUT2D eigenvalue weighted by molar-refractivity contribution is -0.120. The number of nitrogens with zero attached hydrogens (tertiary/aromatic N) is 3. The van der Waals surface area contributed by atoms with Gasteiger partial charge >= 0.3 is 0 Å². The Hall–Kier alpha value is -1.50. The first-order valence-electron chi connectivity index (χ1n) is 8.37. The second-order valence-corrected chi connectivity index (χ2v) is 7.20. The number of hydrogen-bond acceptors (Lipinski definition) is 4. The lowest BCUT2D eigenvalue weighted by Crippen LogP contribution is -2.55. The quantitative estimate of drug-likeness (QED) is 0.764. The van der Waals surface area contributed by atoms with E-state index in [9.17, 15) is 9.50 Å². The van der Waals surface area contributed by atoms with Gasteiger partial charge in [0.2, 0.25) is 0 Å². The molecule has 136 valence electrons. The fourth-order valence-electron chi connectivity index (χ4n) is 4.07. The van der Waals surface area contributed by atoms with Crippen molar-refractivity contribution in [2.75, 3.05) is 19.6 Å². The van der Waals surface area contributed by atoms with Crippen LogP contribution in [0.4, 0.5) is 4.39 Å². The van der Waals surface area contributed by atoms with Gasteiger partial charge in [0.05, 0.1) is 18.8 Å². The molecule has 7 heteroatoms. The number of methoxy groups -OCH3 is 1. The van der Waals surface area contributed by atoms with E-state index < -0.39 is 11.0 Å². The summed E-state index contributed by atoms with van der Waals surface area (Å²) in [6.07, 6.45) is 5.27. The number of aromatic nitrogens is 3. The molecule has 1 aromatic heterocycles. The van der Waals surface area contributed by atoms with E-state index >= 15 is 0 Å². The highest BCUT2D eigenvalue weighted by molar-refractivity contribution is 6.18. The van der Waals surface area contributed by atoms with Gasteiger partial charge in [-0.2, -0.15) is 5.10 Å². The minimum absolute atomic E-state index is 0.0314. The van der Waals surface area contributed by atoms with Crippen LogP contribution in [0.25, 0.3) is 0 Å². The molecule has 25 heavy (non-hydrogen) atoms. The average Bonchev–Trinajstić information content (AvgIpc) is 3.19. The molecule has 0 spiro atoms. The summed E-state index contributed by atoms with van der Waals surface area (Å²) in [5, 5.41) is 15.9. The topological polar surface area (TPSA) is 60.2 Å². The number of benzene rings is 1. The number of rotatable bonds is 7. The molecule has 1 heterocycles. The van der Waals surface area contributed by atoms with Crippen molar-refractivity contribution in [1.29, 1.82) is 0 Å². The summed E-state index contributed by atoms with van der Waals surface area (Å²) >= 11 is 6.32. The van der Waals surface area contributed by atoms with Gasteiger partial charge in [0.15, 0.2) is 0 Å². The number of hydrogen-bond donors (Lipinski definition) is 1. The molecule has 2 aromatic rings. The van der Waals surface area contributed by atoms with Crippen LogP contribution in [0.5, 0.6) is 0 Å². The molecule has 3 atom stereocenters.